The van der Waals surface area contributed by atoms with E-state index in [1.54, 1.807) is 38.1 Å². The first-order valence-corrected chi connectivity index (χ1v) is 5.87. The van der Waals surface area contributed by atoms with Crippen LogP contribution in [0.5, 0.6) is 0 Å². The molecule has 0 saturated heterocycles. The number of rotatable bonds is 3. The molecule has 0 N–H and O–H groups in total. The largest absolute Gasteiger partial charge is 0.461 e. The van der Waals surface area contributed by atoms with Gasteiger partial charge in [-0.2, -0.15) is 9.78 Å². The molecule has 0 bridgehead atoms. The Morgan fingerprint density at radius 1 is 1.28 bits per heavy atom. The van der Waals surface area contributed by atoms with Crippen LogP contribution >= 0.6 is 0 Å². The topological polar surface area (TPSA) is 61.2 Å². The number of aromatic nitrogens is 2. The van der Waals surface area contributed by atoms with Crippen LogP contribution in [0.4, 0.5) is 0 Å². The summed E-state index contributed by atoms with van der Waals surface area (Å²) in [4.78, 5) is 23.5. The second-order valence-electron chi connectivity index (χ2n) is 3.75. The van der Waals surface area contributed by atoms with Gasteiger partial charge in [0.25, 0.3) is 0 Å². The minimum Gasteiger partial charge on any atom is -0.461 e. The van der Waals surface area contributed by atoms with Crippen LogP contribution < -0.4 is 0 Å². The van der Waals surface area contributed by atoms with Gasteiger partial charge in [-0.1, -0.05) is 25.1 Å². The number of hydrogen-bond acceptors (Lipinski definition) is 4. The lowest BCUT2D eigenvalue weighted by atomic mass is 10.2. The summed E-state index contributed by atoms with van der Waals surface area (Å²) >= 11 is 0. The van der Waals surface area contributed by atoms with Gasteiger partial charge < -0.3 is 4.74 Å². The highest BCUT2D eigenvalue weighted by Gasteiger charge is 2.19. The zero-order valence-corrected chi connectivity index (χ0v) is 10.3. The third-order valence-electron chi connectivity index (χ3n) is 2.59. The molecule has 1 aromatic heterocycles. The van der Waals surface area contributed by atoms with Crippen LogP contribution in [0.1, 0.15) is 35.6 Å². The fraction of sp³-hybridized carbons (Fsp3) is 0.308. The third kappa shape index (κ3) is 1.99. The summed E-state index contributed by atoms with van der Waals surface area (Å²) in [7, 11) is 0. The van der Waals surface area contributed by atoms with Crippen molar-refractivity contribution in [2.75, 3.05) is 6.61 Å². The Bertz CT molecular complexity index is 601. The van der Waals surface area contributed by atoms with Crippen LogP contribution in [0.2, 0.25) is 0 Å². The number of carbonyl (C=O) groups excluding carboxylic acids is 2. The number of fused-ring (bicyclic) bond motifs is 1. The molecule has 0 aliphatic rings. The van der Waals surface area contributed by atoms with E-state index in [0.717, 1.165) is 0 Å². The molecule has 2 aromatic rings. The maximum atomic E-state index is 11.8. The smallest absolute Gasteiger partial charge is 0.359 e. The highest BCUT2D eigenvalue weighted by atomic mass is 16.5. The maximum Gasteiger partial charge on any atom is 0.359 e. The first-order chi connectivity index (χ1) is 8.69. The molecule has 18 heavy (non-hydrogen) atoms. The van der Waals surface area contributed by atoms with E-state index in [2.05, 4.69) is 5.10 Å². The van der Waals surface area contributed by atoms with Gasteiger partial charge in [-0.05, 0) is 13.0 Å². The van der Waals surface area contributed by atoms with Crippen molar-refractivity contribution >= 4 is 22.8 Å². The predicted molar refractivity (Wildman–Crippen MR) is 66.6 cm³/mol. The van der Waals surface area contributed by atoms with E-state index in [0.29, 0.717) is 17.3 Å². The van der Waals surface area contributed by atoms with Crippen molar-refractivity contribution in [1.82, 2.24) is 9.78 Å². The molecule has 1 heterocycles. The minimum atomic E-state index is -0.503. The quantitative estimate of drug-likeness (QED) is 0.779. The van der Waals surface area contributed by atoms with Gasteiger partial charge in [-0.15, -0.1) is 0 Å². The summed E-state index contributed by atoms with van der Waals surface area (Å²) < 4.78 is 6.20. The SMILES string of the molecule is CCOC(=O)c1nn(C(=O)CC)c2ccccc12. The number of hydrogen-bond donors (Lipinski definition) is 0. The molecular formula is C13H14N2O3. The normalized spacial score (nSPS) is 10.6. The molecule has 0 spiro atoms. The standard InChI is InChI=1S/C13H14N2O3/c1-3-11(16)15-10-8-6-5-7-9(10)12(14-15)13(17)18-4-2/h5-8H,3-4H2,1-2H3. The molecule has 0 atom stereocenters. The van der Waals surface area contributed by atoms with Gasteiger partial charge in [0.15, 0.2) is 5.69 Å². The third-order valence-corrected chi connectivity index (χ3v) is 2.59. The van der Waals surface area contributed by atoms with Crippen molar-refractivity contribution in [2.45, 2.75) is 20.3 Å². The van der Waals surface area contributed by atoms with Crippen molar-refractivity contribution < 1.29 is 14.3 Å². The van der Waals surface area contributed by atoms with E-state index in [1.165, 1.54) is 4.68 Å². The van der Waals surface area contributed by atoms with Gasteiger partial charge in [0, 0.05) is 11.8 Å². The highest BCUT2D eigenvalue weighted by molar-refractivity contribution is 6.04. The second-order valence-corrected chi connectivity index (χ2v) is 3.75. The molecule has 0 amide bonds. The Morgan fingerprint density at radius 2 is 2.00 bits per heavy atom. The van der Waals surface area contributed by atoms with Gasteiger partial charge in [-0.3, -0.25) is 4.79 Å². The van der Waals surface area contributed by atoms with E-state index < -0.39 is 5.97 Å². The number of benzene rings is 1. The molecule has 0 saturated carbocycles. The lowest BCUT2D eigenvalue weighted by Crippen LogP contribution is -2.12. The Balaban J connectivity index is 2.61. The zero-order valence-electron chi connectivity index (χ0n) is 10.3. The summed E-state index contributed by atoms with van der Waals surface area (Å²) in [6.07, 6.45) is 0.327. The predicted octanol–water partition coefficient (Wildman–Crippen LogP) is 2.26. The van der Waals surface area contributed by atoms with Crippen molar-refractivity contribution in [3.05, 3.63) is 30.0 Å². The Morgan fingerprint density at radius 3 is 2.67 bits per heavy atom. The van der Waals surface area contributed by atoms with Gasteiger partial charge >= 0.3 is 5.97 Å². The van der Waals surface area contributed by atoms with E-state index >= 15 is 0 Å². The molecule has 0 fully saturated rings. The summed E-state index contributed by atoms with van der Waals surface area (Å²) in [5.41, 5.74) is 0.821. The molecule has 0 unspecified atom stereocenters. The molecular weight excluding hydrogens is 232 g/mol. The number of esters is 1. The lowest BCUT2D eigenvalue weighted by molar-refractivity contribution is 0.0521. The molecule has 2 rings (SSSR count). The second kappa shape index (κ2) is 5.00. The van der Waals surface area contributed by atoms with E-state index in [9.17, 15) is 9.59 Å². The Kier molecular flexibility index (Phi) is 3.41. The molecule has 94 valence electrons. The van der Waals surface area contributed by atoms with Crippen LogP contribution in [0, 0.1) is 0 Å². The molecule has 0 radical (unpaired) electrons. The Labute approximate surface area is 104 Å². The van der Waals surface area contributed by atoms with Crippen molar-refractivity contribution in [3.8, 4) is 0 Å². The van der Waals surface area contributed by atoms with E-state index in [4.69, 9.17) is 4.74 Å². The van der Waals surface area contributed by atoms with Crippen molar-refractivity contribution in [2.24, 2.45) is 0 Å². The van der Waals surface area contributed by atoms with Crippen LogP contribution in [0.25, 0.3) is 10.9 Å². The fourth-order valence-electron chi connectivity index (χ4n) is 1.76. The molecule has 0 aliphatic carbocycles. The summed E-state index contributed by atoms with van der Waals surface area (Å²) in [6, 6.07) is 7.12. The van der Waals surface area contributed by atoms with Gasteiger partial charge in [0.1, 0.15) is 0 Å². The van der Waals surface area contributed by atoms with Crippen LogP contribution in [0.15, 0.2) is 24.3 Å². The maximum absolute atomic E-state index is 11.8. The first kappa shape index (κ1) is 12.3. The molecule has 5 nitrogen and oxygen atoms in total. The summed E-state index contributed by atoms with van der Waals surface area (Å²) in [5.74, 6) is -0.655. The molecule has 0 aliphatic heterocycles. The van der Waals surface area contributed by atoms with E-state index in [1.807, 2.05) is 0 Å². The average Bonchev–Trinajstić information content (AvgIpc) is 2.78. The lowest BCUT2D eigenvalue weighted by Gasteiger charge is -1.98. The molecule has 1 aromatic carbocycles. The minimum absolute atomic E-state index is 0.151. The monoisotopic (exact) mass is 246 g/mol. The fourth-order valence-corrected chi connectivity index (χ4v) is 1.76. The number of ether oxygens (including phenoxy) is 1. The zero-order chi connectivity index (χ0) is 13.1. The van der Waals surface area contributed by atoms with Crippen LogP contribution in [-0.2, 0) is 4.74 Å². The average molecular weight is 246 g/mol. The number of nitrogens with zero attached hydrogens (tertiary/aromatic N) is 2. The van der Waals surface area contributed by atoms with Crippen molar-refractivity contribution in [3.63, 3.8) is 0 Å². The number of para-hydroxylation sites is 1. The highest BCUT2D eigenvalue weighted by Crippen LogP contribution is 2.19. The van der Waals surface area contributed by atoms with E-state index in [-0.39, 0.29) is 18.2 Å². The Hall–Kier alpha value is -2.17. The van der Waals surface area contributed by atoms with Gasteiger partial charge in [0.2, 0.25) is 5.91 Å². The first-order valence-electron chi connectivity index (χ1n) is 5.87. The van der Waals surface area contributed by atoms with Crippen LogP contribution in [0.3, 0.4) is 0 Å². The van der Waals surface area contributed by atoms with Gasteiger partial charge in [0.05, 0.1) is 12.1 Å². The number of carbonyl (C=O) groups is 2. The molecule has 5 heteroatoms. The van der Waals surface area contributed by atoms with Crippen molar-refractivity contribution in [1.29, 1.82) is 0 Å². The van der Waals surface area contributed by atoms with Gasteiger partial charge in [-0.25, -0.2) is 4.79 Å². The summed E-state index contributed by atoms with van der Waals surface area (Å²) in [5, 5.41) is 4.71. The van der Waals surface area contributed by atoms with Crippen LogP contribution in [-0.4, -0.2) is 28.3 Å². The summed E-state index contributed by atoms with van der Waals surface area (Å²) in [6.45, 7) is 3.76.